The Balaban J connectivity index is 2.84. The number of carbonyl (C=O) groups is 2. The highest BCUT2D eigenvalue weighted by Gasteiger charge is 2.21. The van der Waals surface area contributed by atoms with Gasteiger partial charge in [-0.25, -0.2) is 4.79 Å². The summed E-state index contributed by atoms with van der Waals surface area (Å²) in [5.41, 5.74) is 0.339. The Kier molecular flexibility index (Phi) is 8.09. The molecule has 0 fully saturated rings. The van der Waals surface area contributed by atoms with Crippen LogP contribution in [0.15, 0.2) is 18.2 Å². The topological polar surface area (TPSA) is 84.9 Å². The molecule has 6 nitrogen and oxygen atoms in total. The van der Waals surface area contributed by atoms with Gasteiger partial charge >= 0.3 is 5.97 Å². The van der Waals surface area contributed by atoms with E-state index in [2.05, 4.69) is 5.32 Å². The lowest BCUT2D eigenvalue weighted by Crippen LogP contribution is -2.40. The first-order chi connectivity index (χ1) is 11.4. The average Bonchev–Trinajstić information content (AvgIpc) is 2.55. The Morgan fingerprint density at radius 2 is 1.96 bits per heavy atom. The molecule has 0 aliphatic rings. The lowest BCUT2D eigenvalue weighted by molar-refractivity contribution is -0.139. The molecule has 1 atom stereocenters. The predicted octanol–water partition coefficient (Wildman–Crippen LogP) is 3.10. The van der Waals surface area contributed by atoms with Crippen LogP contribution >= 0.6 is 0 Å². The molecular formula is C18H27NO5. The van der Waals surface area contributed by atoms with E-state index < -0.39 is 17.9 Å². The predicted molar refractivity (Wildman–Crippen MR) is 91.7 cm³/mol. The van der Waals surface area contributed by atoms with Crippen LogP contribution in [0.2, 0.25) is 0 Å². The second-order valence-corrected chi connectivity index (χ2v) is 6.08. The van der Waals surface area contributed by atoms with E-state index in [1.165, 1.54) is 7.11 Å². The molecule has 6 heteroatoms. The van der Waals surface area contributed by atoms with Gasteiger partial charge < -0.3 is 19.9 Å². The zero-order valence-corrected chi connectivity index (χ0v) is 14.8. The van der Waals surface area contributed by atoms with E-state index in [0.29, 0.717) is 36.0 Å². The lowest BCUT2D eigenvalue weighted by atomic mass is 10.1. The Morgan fingerprint density at radius 3 is 2.50 bits per heavy atom. The van der Waals surface area contributed by atoms with Crippen molar-refractivity contribution in [2.75, 3.05) is 13.7 Å². The van der Waals surface area contributed by atoms with Crippen molar-refractivity contribution >= 4 is 11.9 Å². The average molecular weight is 337 g/mol. The van der Waals surface area contributed by atoms with Crippen molar-refractivity contribution in [3.63, 3.8) is 0 Å². The highest BCUT2D eigenvalue weighted by molar-refractivity contribution is 5.97. The van der Waals surface area contributed by atoms with Gasteiger partial charge in [-0.15, -0.1) is 0 Å². The number of amides is 1. The number of unbranched alkanes of at least 4 members (excludes halogenated alkanes) is 1. The maximum absolute atomic E-state index is 12.3. The van der Waals surface area contributed by atoms with Crippen molar-refractivity contribution in [1.29, 1.82) is 0 Å². The minimum absolute atomic E-state index is 0.339. The number of aliphatic carboxylic acids is 1. The van der Waals surface area contributed by atoms with E-state index in [-0.39, 0.29) is 0 Å². The zero-order valence-electron chi connectivity index (χ0n) is 14.8. The van der Waals surface area contributed by atoms with Crippen LogP contribution < -0.4 is 14.8 Å². The molecule has 0 heterocycles. The van der Waals surface area contributed by atoms with E-state index in [1.807, 2.05) is 20.8 Å². The van der Waals surface area contributed by atoms with Crippen molar-refractivity contribution in [3.05, 3.63) is 23.8 Å². The SMILES string of the molecule is CCCCC(NC(=O)c1ccc(OCC(C)C)c(OC)c1)C(=O)O. The smallest absolute Gasteiger partial charge is 0.326 e. The van der Waals surface area contributed by atoms with Crippen molar-refractivity contribution in [2.45, 2.75) is 46.1 Å². The number of methoxy groups -OCH3 is 1. The number of rotatable bonds is 10. The number of ether oxygens (including phenoxy) is 2. The normalized spacial score (nSPS) is 11.9. The summed E-state index contributed by atoms with van der Waals surface area (Å²) >= 11 is 0. The molecule has 0 saturated heterocycles. The second-order valence-electron chi connectivity index (χ2n) is 6.08. The molecule has 0 radical (unpaired) electrons. The molecule has 0 bridgehead atoms. The van der Waals surface area contributed by atoms with Crippen molar-refractivity contribution in [2.24, 2.45) is 5.92 Å². The molecule has 1 aromatic carbocycles. The highest BCUT2D eigenvalue weighted by Crippen LogP contribution is 2.28. The molecular weight excluding hydrogens is 310 g/mol. The number of hydrogen-bond acceptors (Lipinski definition) is 4. The third-order valence-electron chi connectivity index (χ3n) is 3.45. The third kappa shape index (κ3) is 6.10. The molecule has 1 unspecified atom stereocenters. The molecule has 1 aromatic rings. The number of nitrogens with one attached hydrogen (secondary N) is 1. The molecule has 0 aliphatic carbocycles. The van der Waals surface area contributed by atoms with Gasteiger partial charge in [0.05, 0.1) is 13.7 Å². The van der Waals surface area contributed by atoms with Crippen LogP contribution in [0.4, 0.5) is 0 Å². The van der Waals surface area contributed by atoms with Crippen LogP contribution in [0.25, 0.3) is 0 Å². The Hall–Kier alpha value is -2.24. The largest absolute Gasteiger partial charge is 0.493 e. The minimum Gasteiger partial charge on any atom is -0.493 e. The number of benzene rings is 1. The van der Waals surface area contributed by atoms with Gasteiger partial charge in [-0.1, -0.05) is 33.6 Å². The fraction of sp³-hybridized carbons (Fsp3) is 0.556. The van der Waals surface area contributed by atoms with Crippen molar-refractivity contribution in [3.8, 4) is 11.5 Å². The monoisotopic (exact) mass is 337 g/mol. The first kappa shape index (κ1) is 19.8. The number of carbonyl (C=O) groups excluding carboxylic acids is 1. The van der Waals surface area contributed by atoms with Crippen molar-refractivity contribution in [1.82, 2.24) is 5.32 Å². The lowest BCUT2D eigenvalue weighted by Gasteiger charge is -2.16. The molecule has 0 aromatic heterocycles. The Labute approximate surface area is 143 Å². The highest BCUT2D eigenvalue weighted by atomic mass is 16.5. The summed E-state index contributed by atoms with van der Waals surface area (Å²) in [7, 11) is 1.50. The molecule has 0 saturated carbocycles. The van der Waals surface area contributed by atoms with E-state index in [4.69, 9.17) is 9.47 Å². The third-order valence-corrected chi connectivity index (χ3v) is 3.45. The second kappa shape index (κ2) is 9.80. The van der Waals surface area contributed by atoms with E-state index >= 15 is 0 Å². The van der Waals surface area contributed by atoms with Gasteiger partial charge in [0.15, 0.2) is 11.5 Å². The Morgan fingerprint density at radius 1 is 1.25 bits per heavy atom. The van der Waals surface area contributed by atoms with Gasteiger partial charge in [-0.2, -0.15) is 0 Å². The number of carboxylic acid groups (broad SMARTS) is 1. The number of hydrogen-bond donors (Lipinski definition) is 2. The molecule has 134 valence electrons. The van der Waals surface area contributed by atoms with E-state index in [0.717, 1.165) is 12.8 Å². The summed E-state index contributed by atoms with van der Waals surface area (Å²) in [6, 6.07) is 3.94. The van der Waals surface area contributed by atoms with Gasteiger partial charge in [0.25, 0.3) is 5.91 Å². The minimum atomic E-state index is -1.03. The summed E-state index contributed by atoms with van der Waals surface area (Å²) < 4.78 is 10.9. The summed E-state index contributed by atoms with van der Waals surface area (Å²) in [5.74, 6) is -0.0901. The standard InChI is InChI=1S/C18H27NO5/c1-5-6-7-14(18(21)22)19-17(20)13-8-9-15(16(10-13)23-4)24-11-12(2)3/h8-10,12,14H,5-7,11H2,1-4H3,(H,19,20)(H,21,22). The fourth-order valence-electron chi connectivity index (χ4n) is 2.09. The Bertz CT molecular complexity index is 556. The molecule has 2 N–H and O–H groups in total. The van der Waals surface area contributed by atoms with Gasteiger partial charge in [-0.05, 0) is 30.5 Å². The molecule has 24 heavy (non-hydrogen) atoms. The van der Waals surface area contributed by atoms with Gasteiger partial charge in [0, 0.05) is 5.56 Å². The number of carboxylic acids is 1. The fourth-order valence-corrected chi connectivity index (χ4v) is 2.09. The van der Waals surface area contributed by atoms with Crippen LogP contribution in [0, 0.1) is 5.92 Å². The van der Waals surface area contributed by atoms with E-state index in [1.54, 1.807) is 18.2 Å². The van der Waals surface area contributed by atoms with Gasteiger partial charge in [0.2, 0.25) is 0 Å². The van der Waals surface area contributed by atoms with Gasteiger partial charge in [0.1, 0.15) is 6.04 Å². The van der Waals surface area contributed by atoms with E-state index in [9.17, 15) is 14.7 Å². The summed E-state index contributed by atoms with van der Waals surface area (Å²) in [6.45, 7) is 6.59. The van der Waals surface area contributed by atoms with Crippen LogP contribution in [-0.4, -0.2) is 36.7 Å². The molecule has 1 amide bonds. The maximum atomic E-state index is 12.3. The molecule has 0 spiro atoms. The first-order valence-corrected chi connectivity index (χ1v) is 8.23. The van der Waals surface area contributed by atoms with Crippen molar-refractivity contribution < 1.29 is 24.2 Å². The quantitative estimate of drug-likeness (QED) is 0.685. The van der Waals surface area contributed by atoms with Gasteiger partial charge in [-0.3, -0.25) is 4.79 Å². The van der Waals surface area contributed by atoms with Crippen LogP contribution in [0.1, 0.15) is 50.4 Å². The zero-order chi connectivity index (χ0) is 18.1. The summed E-state index contributed by atoms with van der Waals surface area (Å²) in [6.07, 6.45) is 2.02. The maximum Gasteiger partial charge on any atom is 0.326 e. The summed E-state index contributed by atoms with van der Waals surface area (Å²) in [4.78, 5) is 23.5. The molecule has 0 aliphatic heterocycles. The van der Waals surface area contributed by atoms with Crippen LogP contribution in [-0.2, 0) is 4.79 Å². The van der Waals surface area contributed by atoms with Crippen LogP contribution in [0.3, 0.4) is 0 Å². The molecule has 1 rings (SSSR count). The summed E-state index contributed by atoms with van der Waals surface area (Å²) in [5, 5.41) is 11.8. The van der Waals surface area contributed by atoms with Crippen LogP contribution in [0.5, 0.6) is 11.5 Å². The first-order valence-electron chi connectivity index (χ1n) is 8.23.